The number of nitrogens with zero attached hydrogens (tertiary/aromatic N) is 4. The van der Waals surface area contributed by atoms with E-state index in [1.807, 2.05) is 66.9 Å². The fourth-order valence-corrected chi connectivity index (χ4v) is 6.44. The van der Waals surface area contributed by atoms with Gasteiger partial charge in [-0.05, 0) is 41.7 Å². The van der Waals surface area contributed by atoms with Crippen LogP contribution >= 0.6 is 0 Å². The van der Waals surface area contributed by atoms with Crippen molar-refractivity contribution in [2.24, 2.45) is 0 Å². The first-order chi connectivity index (χ1) is 25.4. The molecule has 0 fully saturated rings. The molecule has 6 heteroatoms. The van der Waals surface area contributed by atoms with Crippen molar-refractivity contribution in [1.29, 1.82) is 0 Å². The van der Waals surface area contributed by atoms with Crippen molar-refractivity contribution in [3.63, 3.8) is 0 Å². The van der Waals surface area contributed by atoms with Crippen molar-refractivity contribution in [3.05, 3.63) is 170 Å². The first-order valence-electron chi connectivity index (χ1n) is 17.4. The second-order valence-corrected chi connectivity index (χ2v) is 11.7. The van der Waals surface area contributed by atoms with Crippen LogP contribution in [0.15, 0.2) is 156 Å². The number of aryl methyl sites for hydroxylation is 1. The summed E-state index contributed by atoms with van der Waals surface area (Å²) in [4.78, 5) is 13.9. The van der Waals surface area contributed by atoms with E-state index in [4.69, 9.17) is 13.5 Å². The Morgan fingerprint density at radius 3 is 2.24 bits per heavy atom. The average molecular weight is 824 g/mol. The molecule has 4 aromatic heterocycles. The molecule has 0 spiro atoms. The molecule has 50 heavy (non-hydrogen) atoms. The minimum Gasteiger partial charge on any atom is -0.500 e. The number of imidazole rings is 1. The smallest absolute Gasteiger partial charge is 0.128 e. The molecule has 4 heterocycles. The molecule has 10 aromatic rings. The largest absolute Gasteiger partial charge is 0.500 e. The van der Waals surface area contributed by atoms with Gasteiger partial charge < -0.3 is 14.0 Å². The van der Waals surface area contributed by atoms with E-state index < -0.39 is 6.85 Å². The fourth-order valence-electron chi connectivity index (χ4n) is 6.44. The van der Waals surface area contributed by atoms with Gasteiger partial charge in [-0.15, -0.1) is 54.1 Å². The maximum atomic E-state index is 7.23. The summed E-state index contributed by atoms with van der Waals surface area (Å²) in [5.41, 5.74) is 8.17. The molecule has 0 aliphatic carbocycles. The average Bonchev–Trinajstić information content (AvgIpc) is 3.78. The van der Waals surface area contributed by atoms with Crippen LogP contribution < -0.4 is 0 Å². The number of benzene rings is 6. The van der Waals surface area contributed by atoms with E-state index in [0.29, 0.717) is 0 Å². The van der Waals surface area contributed by atoms with E-state index in [0.717, 1.165) is 83.0 Å². The molecule has 6 aromatic carbocycles. The van der Waals surface area contributed by atoms with Crippen LogP contribution in [0.5, 0.6) is 0 Å². The number of hydrogen-bond acceptors (Lipinski definition) is 4. The predicted octanol–water partition coefficient (Wildman–Crippen LogP) is 10.9. The monoisotopic (exact) mass is 824 g/mol. The van der Waals surface area contributed by atoms with Crippen LogP contribution in [0, 0.1) is 19.0 Å². The number of pyridine rings is 2. The number of furan rings is 1. The quantitative estimate of drug-likeness (QED) is 0.167. The Balaban J connectivity index is 0.000000199. The summed E-state index contributed by atoms with van der Waals surface area (Å²) in [6.45, 7) is -2.09. The van der Waals surface area contributed by atoms with Gasteiger partial charge in [-0.25, -0.2) is 0 Å². The zero-order valence-corrected chi connectivity index (χ0v) is 28.9. The third-order valence-electron chi connectivity index (χ3n) is 8.70. The minimum absolute atomic E-state index is 0. The van der Waals surface area contributed by atoms with E-state index >= 15 is 0 Å². The summed E-state index contributed by atoms with van der Waals surface area (Å²) in [6.07, 6.45) is 3.25. The first kappa shape index (κ1) is 28.0. The molecule has 0 N–H and O–H groups in total. The molecule has 0 aliphatic heterocycles. The van der Waals surface area contributed by atoms with Crippen LogP contribution in [0.3, 0.4) is 0 Å². The van der Waals surface area contributed by atoms with Crippen molar-refractivity contribution in [2.45, 2.75) is 6.85 Å². The normalized spacial score (nSPS) is 12.3. The SMILES string of the molecule is [2H]C([2H])([2H])c1ccc(-c2[c-]cccc2)nc1.[Ir].[c-]1ccc2c(oc3c4ccccc4ccc23)c1-c1nc2cnc3ccccc3c2n1-c1ccccc1. The Morgan fingerprint density at radius 2 is 1.42 bits per heavy atom. The van der Waals surface area contributed by atoms with Gasteiger partial charge in [-0.3, -0.25) is 9.97 Å². The van der Waals surface area contributed by atoms with E-state index in [9.17, 15) is 0 Å². The Labute approximate surface area is 306 Å². The summed E-state index contributed by atoms with van der Waals surface area (Å²) in [6, 6.07) is 52.4. The van der Waals surface area contributed by atoms with Gasteiger partial charge in [0.05, 0.1) is 34.2 Å². The predicted molar refractivity (Wildman–Crippen MR) is 199 cm³/mol. The molecule has 0 unspecified atom stereocenters. The van der Waals surface area contributed by atoms with Crippen molar-refractivity contribution in [3.8, 4) is 28.3 Å². The van der Waals surface area contributed by atoms with Gasteiger partial charge in [0, 0.05) is 52.3 Å². The maximum absolute atomic E-state index is 7.23. The van der Waals surface area contributed by atoms with Crippen LogP contribution in [0.2, 0.25) is 0 Å². The molecule has 5 nitrogen and oxygen atoms in total. The second kappa shape index (κ2) is 13.2. The van der Waals surface area contributed by atoms with Crippen LogP contribution in [-0.4, -0.2) is 19.5 Å². The third-order valence-corrected chi connectivity index (χ3v) is 8.70. The fraction of sp³-hybridized carbons (Fsp3) is 0.0227. The topological polar surface area (TPSA) is 56.7 Å². The first-order valence-corrected chi connectivity index (χ1v) is 15.9. The number of hydrogen-bond donors (Lipinski definition) is 0. The van der Waals surface area contributed by atoms with Crippen molar-refractivity contribution in [2.75, 3.05) is 0 Å². The van der Waals surface area contributed by atoms with Crippen LogP contribution in [0.1, 0.15) is 9.68 Å². The van der Waals surface area contributed by atoms with Crippen LogP contribution in [-0.2, 0) is 20.1 Å². The summed E-state index contributed by atoms with van der Waals surface area (Å²) >= 11 is 0. The van der Waals surface area contributed by atoms with Gasteiger partial charge in [-0.1, -0.05) is 95.9 Å². The maximum Gasteiger partial charge on any atom is 0.128 e. The molecular formula is C44H28IrN4O-2. The number of fused-ring (bicyclic) bond motifs is 8. The molecule has 0 bridgehead atoms. The number of aromatic nitrogens is 4. The van der Waals surface area contributed by atoms with Crippen molar-refractivity contribution < 1.29 is 28.6 Å². The molecule has 241 valence electrons. The van der Waals surface area contributed by atoms with Gasteiger partial charge in [0.2, 0.25) is 0 Å². The van der Waals surface area contributed by atoms with E-state index in [1.165, 1.54) is 6.20 Å². The second-order valence-electron chi connectivity index (χ2n) is 11.7. The molecule has 0 amide bonds. The van der Waals surface area contributed by atoms with Crippen molar-refractivity contribution in [1.82, 2.24) is 19.5 Å². The third kappa shape index (κ3) is 5.45. The zero-order chi connectivity index (χ0) is 35.2. The molecule has 10 rings (SSSR count). The van der Waals surface area contributed by atoms with Gasteiger partial charge in [-0.2, -0.15) is 0 Å². The zero-order valence-electron chi connectivity index (χ0n) is 29.5. The summed E-state index contributed by atoms with van der Waals surface area (Å²) in [5.74, 6) is 0.781. The summed E-state index contributed by atoms with van der Waals surface area (Å²) in [7, 11) is 0. The molecule has 1 radical (unpaired) electrons. The van der Waals surface area contributed by atoms with Crippen LogP contribution in [0.4, 0.5) is 0 Å². The minimum atomic E-state index is -2.09. The van der Waals surface area contributed by atoms with E-state index in [1.54, 1.807) is 18.2 Å². The standard InChI is InChI=1S/C32H18N3O.C12H10N.Ir/c1-2-10-21(11-3-1)35-29-25-13-6-7-16-27(25)33-19-28(29)34-32(35)26-15-8-14-23-24-18-17-20-9-4-5-12-22(20)30(24)36-31(23)26;1-10-7-8-12(13-9-10)11-5-3-2-4-6-11;/h1-14,16-19H;2-5,7-9H,1H3;/q2*-1;/i;1D3;. The number of para-hydroxylation sites is 2. The number of rotatable bonds is 3. The summed E-state index contributed by atoms with van der Waals surface area (Å²) < 4.78 is 30.5. The van der Waals surface area contributed by atoms with Crippen molar-refractivity contribution >= 4 is 54.6 Å². The van der Waals surface area contributed by atoms with Gasteiger partial charge >= 0.3 is 0 Å². The van der Waals surface area contributed by atoms with Crippen LogP contribution in [0.25, 0.3) is 83.0 Å². The van der Waals surface area contributed by atoms with Gasteiger partial charge in [0.1, 0.15) is 5.58 Å². The Kier molecular flexibility index (Phi) is 7.36. The Bertz CT molecular complexity index is 2890. The summed E-state index contributed by atoms with van der Waals surface area (Å²) in [5, 5.41) is 5.46. The van der Waals surface area contributed by atoms with E-state index in [2.05, 4.69) is 87.3 Å². The van der Waals surface area contributed by atoms with Gasteiger partial charge in [0.15, 0.2) is 0 Å². The molecule has 0 saturated carbocycles. The van der Waals surface area contributed by atoms with E-state index in [-0.39, 0.29) is 25.7 Å². The molecule has 0 atom stereocenters. The Morgan fingerprint density at radius 1 is 0.620 bits per heavy atom. The Hall–Kier alpha value is -5.94. The molecule has 0 aliphatic rings. The molecule has 0 saturated heterocycles. The molecular weight excluding hydrogens is 793 g/mol. The van der Waals surface area contributed by atoms with Gasteiger partial charge in [0.25, 0.3) is 0 Å².